The van der Waals surface area contributed by atoms with Crippen molar-refractivity contribution in [2.45, 2.75) is 19.0 Å². The third-order valence-electron chi connectivity index (χ3n) is 2.57. The number of hydrogen-bond donors (Lipinski definition) is 2. The maximum atomic E-state index is 12.2. The number of alkyl halides is 3. The van der Waals surface area contributed by atoms with Gasteiger partial charge in [-0.15, -0.1) is 0 Å². The predicted octanol–water partition coefficient (Wildman–Crippen LogP) is 2.73. The molecule has 21 heavy (non-hydrogen) atoms. The van der Waals surface area contributed by atoms with Crippen LogP contribution in [0.1, 0.15) is 12.0 Å². The highest BCUT2D eigenvalue weighted by atomic mass is 19.4. The molecule has 0 radical (unpaired) electrons. The standard InChI is InChI=1S/C13H15F3N2O3/c1-18(8-13(14,15)16)12(21)17-10-4-2-3-9(7-10)5-6-11(19)20/h2-4,7H,5-6,8H2,1H3,(H,17,21)(H,19,20). The third-order valence-corrected chi connectivity index (χ3v) is 2.57. The van der Waals surface area contributed by atoms with Crippen molar-refractivity contribution in [2.75, 3.05) is 18.9 Å². The van der Waals surface area contributed by atoms with Gasteiger partial charge in [0.15, 0.2) is 0 Å². The van der Waals surface area contributed by atoms with Crippen LogP contribution < -0.4 is 5.32 Å². The minimum atomic E-state index is -4.46. The summed E-state index contributed by atoms with van der Waals surface area (Å²) in [5.74, 6) is -0.950. The van der Waals surface area contributed by atoms with Crippen molar-refractivity contribution in [1.82, 2.24) is 4.90 Å². The maximum absolute atomic E-state index is 12.2. The van der Waals surface area contributed by atoms with E-state index in [1.165, 1.54) is 12.1 Å². The highest BCUT2D eigenvalue weighted by Crippen LogP contribution is 2.17. The molecule has 2 N–H and O–H groups in total. The fourth-order valence-corrected chi connectivity index (χ4v) is 1.62. The van der Waals surface area contributed by atoms with Crippen LogP contribution in [0.5, 0.6) is 0 Å². The lowest BCUT2D eigenvalue weighted by Crippen LogP contribution is -2.38. The summed E-state index contributed by atoms with van der Waals surface area (Å²) in [7, 11) is 1.04. The number of aryl methyl sites for hydroxylation is 1. The van der Waals surface area contributed by atoms with Gasteiger partial charge in [0.05, 0.1) is 0 Å². The van der Waals surface area contributed by atoms with E-state index < -0.39 is 24.7 Å². The van der Waals surface area contributed by atoms with E-state index in [0.29, 0.717) is 16.2 Å². The molecule has 0 unspecified atom stereocenters. The van der Waals surface area contributed by atoms with Crippen molar-refractivity contribution >= 4 is 17.7 Å². The Labute approximate surface area is 119 Å². The first-order valence-corrected chi connectivity index (χ1v) is 6.07. The van der Waals surface area contributed by atoms with Gasteiger partial charge in [0.25, 0.3) is 0 Å². The molecular formula is C13H15F3N2O3. The Balaban J connectivity index is 2.63. The van der Waals surface area contributed by atoms with Gasteiger partial charge >= 0.3 is 18.2 Å². The predicted molar refractivity (Wildman–Crippen MR) is 70.1 cm³/mol. The van der Waals surface area contributed by atoms with Crippen LogP contribution in [0.2, 0.25) is 0 Å². The van der Waals surface area contributed by atoms with E-state index in [-0.39, 0.29) is 12.8 Å². The molecule has 5 nitrogen and oxygen atoms in total. The summed E-state index contributed by atoms with van der Waals surface area (Å²) in [6, 6.07) is 5.43. The molecule has 0 saturated heterocycles. The van der Waals surface area contributed by atoms with Gasteiger partial charge in [-0.2, -0.15) is 13.2 Å². The van der Waals surface area contributed by atoms with Crippen molar-refractivity contribution in [1.29, 1.82) is 0 Å². The van der Waals surface area contributed by atoms with Crippen molar-refractivity contribution < 1.29 is 27.9 Å². The number of carbonyl (C=O) groups is 2. The Morgan fingerprint density at radius 2 is 2.00 bits per heavy atom. The Hall–Kier alpha value is -2.25. The first kappa shape index (κ1) is 16.8. The number of amides is 2. The zero-order chi connectivity index (χ0) is 16.0. The first-order valence-electron chi connectivity index (χ1n) is 6.07. The zero-order valence-electron chi connectivity index (χ0n) is 11.3. The van der Waals surface area contributed by atoms with Gasteiger partial charge in [-0.25, -0.2) is 4.79 Å². The number of nitrogens with zero attached hydrogens (tertiary/aromatic N) is 1. The van der Waals surface area contributed by atoms with E-state index in [0.717, 1.165) is 7.05 Å². The second-order valence-corrected chi connectivity index (χ2v) is 4.50. The number of carboxylic acids is 1. The van der Waals surface area contributed by atoms with Crippen LogP contribution in [0, 0.1) is 0 Å². The highest BCUT2D eigenvalue weighted by Gasteiger charge is 2.31. The molecular weight excluding hydrogens is 289 g/mol. The maximum Gasteiger partial charge on any atom is 0.406 e. The number of anilines is 1. The quantitative estimate of drug-likeness (QED) is 0.878. The minimum Gasteiger partial charge on any atom is -0.481 e. The highest BCUT2D eigenvalue weighted by molar-refractivity contribution is 5.89. The molecule has 0 aliphatic carbocycles. The van der Waals surface area contributed by atoms with Gasteiger partial charge < -0.3 is 15.3 Å². The fourth-order valence-electron chi connectivity index (χ4n) is 1.62. The Morgan fingerprint density at radius 1 is 1.33 bits per heavy atom. The van der Waals surface area contributed by atoms with Crippen molar-refractivity contribution in [3.8, 4) is 0 Å². The van der Waals surface area contributed by atoms with E-state index in [9.17, 15) is 22.8 Å². The van der Waals surface area contributed by atoms with Gasteiger partial charge in [0, 0.05) is 19.2 Å². The van der Waals surface area contributed by atoms with Crippen LogP contribution in [0.4, 0.5) is 23.7 Å². The molecule has 0 saturated carbocycles. The second kappa shape index (κ2) is 6.96. The summed E-state index contributed by atoms with van der Waals surface area (Å²) in [5, 5.41) is 10.9. The Kier molecular flexibility index (Phi) is 5.57. The summed E-state index contributed by atoms with van der Waals surface area (Å²) in [6.45, 7) is -1.35. The molecule has 8 heteroatoms. The zero-order valence-corrected chi connectivity index (χ0v) is 11.3. The van der Waals surface area contributed by atoms with E-state index in [1.54, 1.807) is 12.1 Å². The largest absolute Gasteiger partial charge is 0.481 e. The Bertz CT molecular complexity index is 518. The molecule has 2 amide bonds. The van der Waals surface area contributed by atoms with Crippen LogP contribution in [0.15, 0.2) is 24.3 Å². The number of aliphatic carboxylic acids is 1. The number of benzene rings is 1. The molecule has 0 spiro atoms. The lowest BCUT2D eigenvalue weighted by atomic mass is 10.1. The number of rotatable bonds is 5. The number of nitrogens with one attached hydrogen (secondary N) is 1. The van der Waals surface area contributed by atoms with Gasteiger partial charge in [0.1, 0.15) is 6.54 Å². The number of urea groups is 1. The Morgan fingerprint density at radius 3 is 2.57 bits per heavy atom. The topological polar surface area (TPSA) is 69.6 Å². The van der Waals surface area contributed by atoms with E-state index in [4.69, 9.17) is 5.11 Å². The molecule has 1 aromatic carbocycles. The molecule has 0 heterocycles. The summed E-state index contributed by atoms with van der Waals surface area (Å²) in [5.41, 5.74) is 0.991. The summed E-state index contributed by atoms with van der Waals surface area (Å²) in [6.07, 6.45) is -4.25. The third kappa shape index (κ3) is 6.64. The lowest BCUT2D eigenvalue weighted by Gasteiger charge is -2.19. The first-order chi connectivity index (χ1) is 9.67. The summed E-state index contributed by atoms with van der Waals surface area (Å²) >= 11 is 0. The summed E-state index contributed by atoms with van der Waals surface area (Å²) in [4.78, 5) is 22.6. The van der Waals surface area contributed by atoms with Gasteiger partial charge in [-0.3, -0.25) is 4.79 Å². The van der Waals surface area contributed by atoms with E-state index in [2.05, 4.69) is 5.32 Å². The monoisotopic (exact) mass is 304 g/mol. The van der Waals surface area contributed by atoms with Gasteiger partial charge in [-0.1, -0.05) is 12.1 Å². The van der Waals surface area contributed by atoms with Crippen LogP contribution in [-0.2, 0) is 11.2 Å². The van der Waals surface area contributed by atoms with Crippen molar-refractivity contribution in [3.05, 3.63) is 29.8 Å². The molecule has 0 bridgehead atoms. The number of halogens is 3. The molecule has 0 aliphatic rings. The average Bonchev–Trinajstić information content (AvgIpc) is 2.34. The number of carboxylic acid groups (broad SMARTS) is 1. The SMILES string of the molecule is CN(CC(F)(F)F)C(=O)Nc1cccc(CCC(=O)O)c1. The van der Waals surface area contributed by atoms with Crippen molar-refractivity contribution in [3.63, 3.8) is 0 Å². The minimum absolute atomic E-state index is 0.0641. The average molecular weight is 304 g/mol. The molecule has 116 valence electrons. The molecule has 1 aromatic rings. The number of carbonyl (C=O) groups excluding carboxylic acids is 1. The lowest BCUT2D eigenvalue weighted by molar-refractivity contribution is -0.137. The van der Waals surface area contributed by atoms with Gasteiger partial charge in [0.2, 0.25) is 0 Å². The van der Waals surface area contributed by atoms with Gasteiger partial charge in [-0.05, 0) is 24.1 Å². The summed E-state index contributed by atoms with van der Waals surface area (Å²) < 4.78 is 36.5. The van der Waals surface area contributed by atoms with Crippen LogP contribution in [0.25, 0.3) is 0 Å². The molecule has 0 aliphatic heterocycles. The molecule has 0 aromatic heterocycles. The fraction of sp³-hybridized carbons (Fsp3) is 0.385. The molecule has 1 rings (SSSR count). The molecule has 0 atom stereocenters. The van der Waals surface area contributed by atoms with E-state index >= 15 is 0 Å². The van der Waals surface area contributed by atoms with Crippen LogP contribution >= 0.6 is 0 Å². The van der Waals surface area contributed by atoms with Crippen LogP contribution in [-0.4, -0.2) is 41.8 Å². The smallest absolute Gasteiger partial charge is 0.406 e. The van der Waals surface area contributed by atoms with E-state index in [1.807, 2.05) is 0 Å². The second-order valence-electron chi connectivity index (χ2n) is 4.50. The van der Waals surface area contributed by atoms with Crippen molar-refractivity contribution in [2.24, 2.45) is 0 Å². The molecule has 0 fully saturated rings. The number of hydrogen-bond acceptors (Lipinski definition) is 2. The van der Waals surface area contributed by atoms with Crippen LogP contribution in [0.3, 0.4) is 0 Å². The normalized spacial score (nSPS) is 11.0.